The molecule has 2 heterocycles. The number of H-pyrrole nitrogens is 1. The Labute approximate surface area is 150 Å². The maximum Gasteiger partial charge on any atom is 0.274 e. The average molecular weight is 377 g/mol. The number of rotatable bonds is 6. The standard InChI is InChI=1S/C16H19N5O4S/c1-4-25-13-7-5-12(6-8-13)20(26(3,23)24)10-14-18-16-17-11(2)9-15(22)21(16)19-14/h5-9H,4,10H2,1-3H3,(H,17,18,19). The highest BCUT2D eigenvalue weighted by atomic mass is 32.2. The lowest BCUT2D eigenvalue weighted by molar-refractivity contribution is 0.340. The van der Waals surface area contributed by atoms with Crippen molar-refractivity contribution >= 4 is 21.5 Å². The van der Waals surface area contributed by atoms with E-state index in [0.29, 0.717) is 29.6 Å². The van der Waals surface area contributed by atoms with Crippen molar-refractivity contribution in [2.45, 2.75) is 20.4 Å². The minimum absolute atomic E-state index is 0.0609. The second-order valence-corrected chi connectivity index (χ2v) is 7.64. The van der Waals surface area contributed by atoms with Crippen molar-refractivity contribution in [3.8, 4) is 5.75 Å². The van der Waals surface area contributed by atoms with Gasteiger partial charge in [0.25, 0.3) is 11.3 Å². The highest BCUT2D eigenvalue weighted by molar-refractivity contribution is 7.92. The predicted molar refractivity (Wildman–Crippen MR) is 97.0 cm³/mol. The smallest absolute Gasteiger partial charge is 0.274 e. The lowest BCUT2D eigenvalue weighted by atomic mass is 10.3. The van der Waals surface area contributed by atoms with E-state index in [1.807, 2.05) is 6.92 Å². The molecule has 0 spiro atoms. The van der Waals surface area contributed by atoms with Gasteiger partial charge in [0.1, 0.15) is 11.6 Å². The third-order valence-electron chi connectivity index (χ3n) is 3.63. The minimum atomic E-state index is -3.57. The number of hydrogen-bond donors (Lipinski definition) is 1. The van der Waals surface area contributed by atoms with Crippen LogP contribution in [0.2, 0.25) is 0 Å². The molecule has 0 aliphatic rings. The molecule has 10 heteroatoms. The van der Waals surface area contributed by atoms with Crippen LogP contribution in [0.15, 0.2) is 35.1 Å². The molecule has 26 heavy (non-hydrogen) atoms. The third kappa shape index (κ3) is 3.69. The number of fused-ring (bicyclic) bond motifs is 1. The van der Waals surface area contributed by atoms with Crippen molar-refractivity contribution < 1.29 is 13.2 Å². The van der Waals surface area contributed by atoms with Gasteiger partial charge in [-0.05, 0) is 38.1 Å². The normalized spacial score (nSPS) is 11.7. The summed E-state index contributed by atoms with van der Waals surface area (Å²) in [5.41, 5.74) is 0.700. The zero-order valence-electron chi connectivity index (χ0n) is 14.6. The number of aromatic amines is 1. The average Bonchev–Trinajstić information content (AvgIpc) is 2.96. The van der Waals surface area contributed by atoms with Crippen LogP contribution < -0.4 is 14.6 Å². The Morgan fingerprint density at radius 1 is 1.23 bits per heavy atom. The van der Waals surface area contributed by atoms with Gasteiger partial charge in [0, 0.05) is 11.8 Å². The van der Waals surface area contributed by atoms with Gasteiger partial charge in [0.15, 0.2) is 0 Å². The highest BCUT2D eigenvalue weighted by Gasteiger charge is 2.20. The van der Waals surface area contributed by atoms with Crippen LogP contribution in [0.4, 0.5) is 5.69 Å². The van der Waals surface area contributed by atoms with Crippen LogP contribution in [-0.4, -0.2) is 40.9 Å². The van der Waals surface area contributed by atoms with E-state index in [0.717, 1.165) is 6.26 Å². The van der Waals surface area contributed by atoms with Crippen LogP contribution in [0.3, 0.4) is 0 Å². The topological polar surface area (TPSA) is 110 Å². The van der Waals surface area contributed by atoms with Crippen molar-refractivity contribution in [1.29, 1.82) is 0 Å². The third-order valence-corrected chi connectivity index (χ3v) is 4.77. The van der Waals surface area contributed by atoms with Gasteiger partial charge in [-0.3, -0.25) is 14.2 Å². The molecular weight excluding hydrogens is 358 g/mol. The lowest BCUT2D eigenvalue weighted by Crippen LogP contribution is -2.29. The second kappa shape index (κ2) is 6.79. The Bertz CT molecular complexity index is 1090. The molecule has 9 nitrogen and oxygen atoms in total. The molecule has 1 aromatic carbocycles. The molecule has 0 unspecified atom stereocenters. The molecule has 138 valence electrons. The van der Waals surface area contributed by atoms with E-state index in [9.17, 15) is 13.2 Å². The number of sulfonamides is 1. The van der Waals surface area contributed by atoms with Crippen molar-refractivity contribution in [1.82, 2.24) is 19.6 Å². The maximum atomic E-state index is 12.3. The van der Waals surface area contributed by atoms with Crippen molar-refractivity contribution in [3.63, 3.8) is 0 Å². The largest absolute Gasteiger partial charge is 0.494 e. The van der Waals surface area contributed by atoms with Crippen LogP contribution in [0, 0.1) is 6.92 Å². The van der Waals surface area contributed by atoms with Crippen molar-refractivity contribution in [2.75, 3.05) is 17.2 Å². The van der Waals surface area contributed by atoms with E-state index in [1.165, 1.54) is 14.9 Å². The second-order valence-electron chi connectivity index (χ2n) is 5.74. The van der Waals surface area contributed by atoms with Crippen LogP contribution in [0.1, 0.15) is 18.4 Å². The Balaban J connectivity index is 1.97. The molecule has 2 aromatic heterocycles. The molecule has 0 bridgehead atoms. The van der Waals surface area contributed by atoms with Gasteiger partial charge in [-0.25, -0.2) is 13.4 Å². The fourth-order valence-corrected chi connectivity index (χ4v) is 3.38. The van der Waals surface area contributed by atoms with E-state index >= 15 is 0 Å². The summed E-state index contributed by atoms with van der Waals surface area (Å²) in [5.74, 6) is 1.16. The molecule has 0 aliphatic heterocycles. The number of nitrogens with zero attached hydrogens (tertiary/aromatic N) is 4. The molecule has 0 atom stereocenters. The summed E-state index contributed by atoms with van der Waals surface area (Å²) in [6.45, 7) is 4.03. The highest BCUT2D eigenvalue weighted by Crippen LogP contribution is 2.23. The van der Waals surface area contributed by atoms with Gasteiger partial charge < -0.3 is 4.74 Å². The van der Waals surface area contributed by atoms with Gasteiger partial charge >= 0.3 is 0 Å². The van der Waals surface area contributed by atoms with E-state index in [-0.39, 0.29) is 17.9 Å². The summed E-state index contributed by atoms with van der Waals surface area (Å²) < 4.78 is 32.3. The quantitative estimate of drug-likeness (QED) is 0.689. The predicted octanol–water partition coefficient (Wildman–Crippen LogP) is 1.09. The minimum Gasteiger partial charge on any atom is -0.494 e. The zero-order valence-corrected chi connectivity index (χ0v) is 15.4. The first-order chi connectivity index (χ1) is 12.3. The van der Waals surface area contributed by atoms with E-state index < -0.39 is 10.0 Å². The number of aryl methyl sites for hydroxylation is 1. The van der Waals surface area contributed by atoms with Gasteiger partial charge in [-0.15, -0.1) is 0 Å². The first-order valence-corrected chi connectivity index (χ1v) is 9.78. The summed E-state index contributed by atoms with van der Waals surface area (Å²) in [6, 6.07) is 8.08. The maximum absolute atomic E-state index is 12.3. The Kier molecular flexibility index (Phi) is 4.68. The molecule has 3 rings (SSSR count). The molecule has 3 aromatic rings. The number of anilines is 1. The number of benzene rings is 1. The monoisotopic (exact) mass is 377 g/mol. The van der Waals surface area contributed by atoms with Crippen LogP contribution in [0.5, 0.6) is 5.75 Å². The summed E-state index contributed by atoms with van der Waals surface area (Å²) in [4.78, 5) is 20.4. The number of hydrogen-bond acceptors (Lipinski definition) is 6. The Hall–Kier alpha value is -2.88. The molecule has 0 radical (unpaired) electrons. The Morgan fingerprint density at radius 3 is 2.54 bits per heavy atom. The van der Waals surface area contributed by atoms with Gasteiger partial charge in [-0.2, -0.15) is 9.50 Å². The zero-order chi connectivity index (χ0) is 18.9. The number of ether oxygens (including phenoxy) is 1. The summed E-state index contributed by atoms with van der Waals surface area (Å²) in [7, 11) is -3.57. The SMILES string of the molecule is CCOc1ccc(N(Cc2nc3nc(C)cc(=O)n3[nH]2)S(C)(=O)=O)cc1. The van der Waals surface area contributed by atoms with E-state index in [4.69, 9.17) is 4.74 Å². The fraction of sp³-hybridized carbons (Fsp3) is 0.312. The molecule has 0 amide bonds. The summed E-state index contributed by atoms with van der Waals surface area (Å²) in [6.07, 6.45) is 1.11. The van der Waals surface area contributed by atoms with Crippen LogP contribution in [-0.2, 0) is 16.6 Å². The van der Waals surface area contributed by atoms with Gasteiger partial charge in [0.2, 0.25) is 10.0 Å². The first kappa shape index (κ1) is 17.9. The van der Waals surface area contributed by atoms with Crippen molar-refractivity contribution in [2.24, 2.45) is 0 Å². The van der Waals surface area contributed by atoms with E-state index in [2.05, 4.69) is 15.1 Å². The summed E-state index contributed by atoms with van der Waals surface area (Å²) >= 11 is 0. The Morgan fingerprint density at radius 2 is 1.92 bits per heavy atom. The molecule has 0 fully saturated rings. The first-order valence-electron chi connectivity index (χ1n) is 7.94. The number of aromatic nitrogens is 4. The van der Waals surface area contributed by atoms with Crippen LogP contribution in [0.25, 0.3) is 5.78 Å². The van der Waals surface area contributed by atoms with Crippen LogP contribution >= 0.6 is 0 Å². The molecule has 0 saturated carbocycles. The fourth-order valence-electron chi connectivity index (χ4n) is 2.52. The van der Waals surface area contributed by atoms with Gasteiger partial charge in [0.05, 0.1) is 25.1 Å². The molecule has 1 N–H and O–H groups in total. The lowest BCUT2D eigenvalue weighted by Gasteiger charge is -2.21. The van der Waals surface area contributed by atoms with Crippen molar-refractivity contribution in [3.05, 3.63) is 52.2 Å². The molecular formula is C16H19N5O4S. The number of nitrogens with one attached hydrogen (secondary N) is 1. The summed E-state index contributed by atoms with van der Waals surface area (Å²) in [5, 5.41) is 2.79. The molecule has 0 saturated heterocycles. The van der Waals surface area contributed by atoms with E-state index in [1.54, 1.807) is 31.2 Å². The molecule has 0 aliphatic carbocycles. The van der Waals surface area contributed by atoms with Gasteiger partial charge in [-0.1, -0.05) is 0 Å².